The number of hydrogen-bond donors (Lipinski definition) is 2. The van der Waals surface area contributed by atoms with Gasteiger partial charge in [-0.25, -0.2) is 8.42 Å². The molecule has 3 aromatic carbocycles. The zero-order valence-corrected chi connectivity index (χ0v) is 19.5. The third-order valence-electron chi connectivity index (χ3n) is 4.64. The molecule has 32 heavy (non-hydrogen) atoms. The van der Waals surface area contributed by atoms with Crippen LogP contribution in [0.2, 0.25) is 5.02 Å². The molecule has 0 amide bonds. The Balaban J connectivity index is 1.70. The zero-order chi connectivity index (χ0) is 23.1. The summed E-state index contributed by atoms with van der Waals surface area (Å²) in [4.78, 5) is 0.0658. The van der Waals surface area contributed by atoms with Gasteiger partial charge in [-0.3, -0.25) is 9.44 Å². The van der Waals surface area contributed by atoms with Crippen molar-refractivity contribution in [1.82, 2.24) is 0 Å². The van der Waals surface area contributed by atoms with Gasteiger partial charge in [0.15, 0.2) is 0 Å². The molecule has 2 N–H and O–H groups in total. The smallest absolute Gasteiger partial charge is 0.295 e. The van der Waals surface area contributed by atoms with E-state index in [2.05, 4.69) is 9.44 Å². The van der Waals surface area contributed by atoms with Crippen molar-refractivity contribution < 1.29 is 21.3 Å². The molecule has 0 spiro atoms. The molecule has 7 nitrogen and oxygen atoms in total. The van der Waals surface area contributed by atoms with Crippen molar-refractivity contribution in [3.63, 3.8) is 0 Å². The van der Waals surface area contributed by atoms with Gasteiger partial charge >= 0.3 is 0 Å². The maximum absolute atomic E-state index is 13.0. The average Bonchev–Trinajstić information content (AvgIpc) is 3.14. The quantitative estimate of drug-likeness (QED) is 0.381. The maximum Gasteiger partial charge on any atom is 0.295 e. The first-order valence-electron chi connectivity index (χ1n) is 9.46. The van der Waals surface area contributed by atoms with E-state index in [1.54, 1.807) is 38.1 Å². The molecule has 0 bridgehead atoms. The fourth-order valence-corrected chi connectivity index (χ4v) is 5.75. The largest absolute Gasteiger partial charge is 0.443 e. The van der Waals surface area contributed by atoms with Gasteiger partial charge in [0.05, 0.1) is 16.3 Å². The maximum atomic E-state index is 13.0. The summed E-state index contributed by atoms with van der Waals surface area (Å²) in [5.74, 6) is 0. The number of sulfonamides is 2. The Hall–Kier alpha value is -3.01. The van der Waals surface area contributed by atoms with Gasteiger partial charge < -0.3 is 4.42 Å². The molecule has 4 aromatic rings. The number of furan rings is 1. The minimum atomic E-state index is -4.16. The lowest BCUT2D eigenvalue weighted by molar-refractivity contribution is 0.484. The Morgan fingerprint density at radius 3 is 2.09 bits per heavy atom. The first-order chi connectivity index (χ1) is 15.0. The second-order valence-corrected chi connectivity index (χ2v) is 11.1. The predicted octanol–water partition coefficient (Wildman–Crippen LogP) is 5.30. The van der Waals surface area contributed by atoms with E-state index in [1.165, 1.54) is 36.4 Å². The third-order valence-corrected chi connectivity index (χ3v) is 7.44. The molecule has 0 fully saturated rings. The van der Waals surface area contributed by atoms with E-state index in [-0.39, 0.29) is 26.4 Å². The fraction of sp³-hybridized carbons (Fsp3) is 0.0909. The topological polar surface area (TPSA) is 105 Å². The molecular weight excluding hydrogens is 472 g/mol. The highest BCUT2D eigenvalue weighted by atomic mass is 35.5. The highest BCUT2D eigenvalue weighted by Crippen LogP contribution is 2.31. The van der Waals surface area contributed by atoms with E-state index in [0.717, 1.165) is 11.1 Å². The summed E-state index contributed by atoms with van der Waals surface area (Å²) in [5.41, 5.74) is 1.97. The molecular formula is C22H19ClN2O5S2. The summed E-state index contributed by atoms with van der Waals surface area (Å²) in [6.45, 7) is 3.59. The number of halogens is 1. The van der Waals surface area contributed by atoms with Gasteiger partial charge in [-0.05, 0) is 61.4 Å². The van der Waals surface area contributed by atoms with E-state index in [9.17, 15) is 16.8 Å². The average molecular weight is 491 g/mol. The normalized spacial score (nSPS) is 12.1. The second kappa shape index (κ2) is 8.16. The number of hydrogen-bond acceptors (Lipinski definition) is 5. The summed E-state index contributed by atoms with van der Waals surface area (Å²) in [6.07, 6.45) is 0. The molecule has 1 aromatic heterocycles. The molecule has 0 saturated heterocycles. The molecule has 0 atom stereocenters. The molecule has 0 aliphatic carbocycles. The van der Waals surface area contributed by atoms with Crippen LogP contribution < -0.4 is 9.44 Å². The van der Waals surface area contributed by atoms with Crippen molar-refractivity contribution in [2.24, 2.45) is 0 Å². The monoisotopic (exact) mass is 490 g/mol. The standard InChI is InChI=1S/C22H19ClN2O5S2/c1-14-9-15(2)11-18(10-14)31(26,27)24-19-8-7-17(23)13-20(19)25-32(28,29)22-12-16-5-3-4-6-21(16)30-22/h3-13,24-25H,1-2H3. The number of anilines is 2. The van der Waals surface area contributed by atoms with Gasteiger partial charge in [0.1, 0.15) is 5.58 Å². The number of nitrogens with one attached hydrogen (secondary N) is 2. The molecule has 0 radical (unpaired) electrons. The molecule has 0 unspecified atom stereocenters. The van der Waals surface area contributed by atoms with Crippen LogP contribution in [0.4, 0.5) is 11.4 Å². The van der Waals surface area contributed by atoms with Crippen LogP contribution in [0.25, 0.3) is 11.0 Å². The molecule has 0 aliphatic rings. The molecule has 10 heteroatoms. The second-order valence-electron chi connectivity index (χ2n) is 7.33. The van der Waals surface area contributed by atoms with E-state index >= 15 is 0 Å². The molecule has 166 valence electrons. The minimum Gasteiger partial charge on any atom is -0.443 e. The van der Waals surface area contributed by atoms with Gasteiger partial charge in [0, 0.05) is 16.5 Å². The predicted molar refractivity (Wildman–Crippen MR) is 125 cm³/mol. The SMILES string of the molecule is Cc1cc(C)cc(S(=O)(=O)Nc2ccc(Cl)cc2NS(=O)(=O)c2cc3ccccc3o2)c1. The summed E-state index contributed by atoms with van der Waals surface area (Å²) in [5, 5.41) is 0.540. The first-order valence-corrected chi connectivity index (χ1v) is 12.8. The highest BCUT2D eigenvalue weighted by molar-refractivity contribution is 7.93. The van der Waals surface area contributed by atoms with E-state index in [1.807, 2.05) is 6.07 Å². The zero-order valence-electron chi connectivity index (χ0n) is 17.1. The minimum absolute atomic E-state index is 0.0215. The van der Waals surface area contributed by atoms with Crippen molar-refractivity contribution in [3.05, 3.63) is 82.9 Å². The Morgan fingerprint density at radius 2 is 1.41 bits per heavy atom. The van der Waals surface area contributed by atoms with Crippen LogP contribution in [0.15, 0.2) is 81.1 Å². The number of fused-ring (bicyclic) bond motifs is 1. The fourth-order valence-electron chi connectivity index (χ4n) is 3.27. The number of aryl methyl sites for hydroxylation is 2. The van der Waals surface area contributed by atoms with Crippen LogP contribution in [0.1, 0.15) is 11.1 Å². The van der Waals surface area contributed by atoms with Crippen molar-refractivity contribution in [2.45, 2.75) is 23.8 Å². The summed E-state index contributed by atoms with van der Waals surface area (Å²) < 4.78 is 62.0. The van der Waals surface area contributed by atoms with Crippen LogP contribution in [-0.2, 0) is 20.0 Å². The van der Waals surface area contributed by atoms with Gasteiger partial charge in [-0.15, -0.1) is 0 Å². The Kier molecular flexibility index (Phi) is 5.66. The molecule has 4 rings (SSSR count). The number of benzene rings is 3. The number of rotatable bonds is 6. The lowest BCUT2D eigenvalue weighted by Crippen LogP contribution is -2.17. The molecule has 0 aliphatic heterocycles. The van der Waals surface area contributed by atoms with Crippen molar-refractivity contribution in [1.29, 1.82) is 0 Å². The van der Waals surface area contributed by atoms with Crippen LogP contribution in [0.5, 0.6) is 0 Å². The van der Waals surface area contributed by atoms with Crippen molar-refractivity contribution in [3.8, 4) is 0 Å². The summed E-state index contributed by atoms with van der Waals surface area (Å²) in [6, 6.07) is 17.3. The third kappa shape index (κ3) is 4.59. The summed E-state index contributed by atoms with van der Waals surface area (Å²) in [7, 11) is -8.14. The van der Waals surface area contributed by atoms with Gasteiger partial charge in [0.2, 0.25) is 5.09 Å². The first kappa shape index (κ1) is 22.2. The summed E-state index contributed by atoms with van der Waals surface area (Å²) >= 11 is 6.05. The molecule has 1 heterocycles. The van der Waals surface area contributed by atoms with Crippen LogP contribution >= 0.6 is 11.6 Å². The van der Waals surface area contributed by atoms with Gasteiger partial charge in [-0.1, -0.05) is 35.9 Å². The Bertz CT molecular complexity index is 1490. The van der Waals surface area contributed by atoms with Crippen molar-refractivity contribution in [2.75, 3.05) is 9.44 Å². The number of para-hydroxylation sites is 1. The van der Waals surface area contributed by atoms with Gasteiger partial charge in [0.25, 0.3) is 20.0 Å². The van der Waals surface area contributed by atoms with Gasteiger partial charge in [-0.2, -0.15) is 8.42 Å². The van der Waals surface area contributed by atoms with E-state index in [0.29, 0.717) is 11.0 Å². The highest BCUT2D eigenvalue weighted by Gasteiger charge is 2.23. The Morgan fingerprint density at radius 1 is 0.750 bits per heavy atom. The van der Waals surface area contributed by atoms with E-state index in [4.69, 9.17) is 16.0 Å². The van der Waals surface area contributed by atoms with Crippen molar-refractivity contribution >= 4 is 54.0 Å². The van der Waals surface area contributed by atoms with Crippen LogP contribution in [0, 0.1) is 13.8 Å². The lowest BCUT2D eigenvalue weighted by atomic mass is 10.2. The van der Waals surface area contributed by atoms with Crippen LogP contribution in [-0.4, -0.2) is 16.8 Å². The van der Waals surface area contributed by atoms with Crippen LogP contribution in [0.3, 0.4) is 0 Å². The molecule has 0 saturated carbocycles. The Labute approximate surface area is 191 Å². The van der Waals surface area contributed by atoms with E-state index < -0.39 is 20.0 Å². The lowest BCUT2D eigenvalue weighted by Gasteiger charge is -2.15.